The third-order valence-corrected chi connectivity index (χ3v) is 4.63. The van der Waals surface area contributed by atoms with E-state index in [0.717, 1.165) is 21.3 Å². The van der Waals surface area contributed by atoms with E-state index < -0.39 is 4.92 Å². The van der Waals surface area contributed by atoms with Gasteiger partial charge in [-0.15, -0.1) is 0 Å². The number of nitrogens with one attached hydrogen (secondary N) is 1. The van der Waals surface area contributed by atoms with E-state index in [-0.39, 0.29) is 12.3 Å². The average molecular weight is 470 g/mol. The second-order valence-electron chi connectivity index (χ2n) is 6.21. The molecule has 0 spiro atoms. The van der Waals surface area contributed by atoms with Crippen LogP contribution in [-0.2, 0) is 6.61 Å². The molecule has 0 aliphatic heterocycles. The number of nitrogens with zero attached hydrogens (tertiary/aromatic N) is 2. The Balaban J connectivity index is 1.73. The van der Waals surface area contributed by atoms with Gasteiger partial charge in [0.2, 0.25) is 0 Å². The standard InChI is InChI=1S/C22H20BrN3O4/c1-2-29-21-13-17(14-24-25-18-6-4-3-5-7-18)12-20(23)22(21)30-15-16-8-10-19(11-9-16)26(27)28/h3-14,25H,2,15H2,1H3/b24-14-. The highest BCUT2D eigenvalue weighted by atomic mass is 79.9. The maximum absolute atomic E-state index is 10.8. The van der Waals surface area contributed by atoms with Gasteiger partial charge in [-0.05, 0) is 70.4 Å². The molecule has 0 aliphatic carbocycles. The summed E-state index contributed by atoms with van der Waals surface area (Å²) in [4.78, 5) is 10.3. The molecule has 0 aliphatic rings. The number of nitro groups is 1. The molecule has 0 fully saturated rings. The second kappa shape index (κ2) is 10.4. The van der Waals surface area contributed by atoms with E-state index in [1.807, 2.05) is 49.4 Å². The molecule has 154 valence electrons. The number of hydrazone groups is 1. The number of hydrogen-bond acceptors (Lipinski definition) is 6. The molecule has 0 radical (unpaired) electrons. The zero-order valence-electron chi connectivity index (χ0n) is 16.2. The van der Waals surface area contributed by atoms with Gasteiger partial charge >= 0.3 is 0 Å². The van der Waals surface area contributed by atoms with Gasteiger partial charge in [-0.2, -0.15) is 5.10 Å². The van der Waals surface area contributed by atoms with Gasteiger partial charge in [-0.1, -0.05) is 18.2 Å². The van der Waals surface area contributed by atoms with Crippen LogP contribution in [0.3, 0.4) is 0 Å². The van der Waals surface area contributed by atoms with E-state index in [9.17, 15) is 10.1 Å². The van der Waals surface area contributed by atoms with Crippen LogP contribution in [0.5, 0.6) is 11.5 Å². The maximum Gasteiger partial charge on any atom is 0.269 e. The van der Waals surface area contributed by atoms with Crippen LogP contribution in [0.4, 0.5) is 11.4 Å². The van der Waals surface area contributed by atoms with Crippen molar-refractivity contribution in [1.82, 2.24) is 0 Å². The van der Waals surface area contributed by atoms with Crippen molar-refractivity contribution >= 4 is 33.5 Å². The molecule has 0 aromatic heterocycles. The summed E-state index contributed by atoms with van der Waals surface area (Å²) in [6.07, 6.45) is 1.69. The lowest BCUT2D eigenvalue weighted by atomic mass is 10.2. The fourth-order valence-corrected chi connectivity index (χ4v) is 3.20. The lowest BCUT2D eigenvalue weighted by Crippen LogP contribution is -2.02. The minimum atomic E-state index is -0.429. The van der Waals surface area contributed by atoms with Gasteiger partial charge in [0.15, 0.2) is 11.5 Å². The van der Waals surface area contributed by atoms with Crippen molar-refractivity contribution in [3.8, 4) is 11.5 Å². The van der Waals surface area contributed by atoms with Crippen molar-refractivity contribution in [2.24, 2.45) is 5.10 Å². The van der Waals surface area contributed by atoms with Crippen LogP contribution in [-0.4, -0.2) is 17.7 Å². The zero-order valence-corrected chi connectivity index (χ0v) is 17.8. The summed E-state index contributed by atoms with van der Waals surface area (Å²) in [5, 5.41) is 15.0. The lowest BCUT2D eigenvalue weighted by molar-refractivity contribution is -0.384. The highest BCUT2D eigenvalue weighted by Gasteiger charge is 2.13. The molecule has 0 saturated carbocycles. The van der Waals surface area contributed by atoms with E-state index in [4.69, 9.17) is 9.47 Å². The Bertz CT molecular complexity index is 1020. The molecule has 0 saturated heterocycles. The summed E-state index contributed by atoms with van der Waals surface area (Å²) in [5.41, 5.74) is 5.55. The topological polar surface area (TPSA) is 86.0 Å². The number of non-ortho nitro benzene ring substituents is 1. The maximum atomic E-state index is 10.8. The second-order valence-corrected chi connectivity index (χ2v) is 7.07. The van der Waals surface area contributed by atoms with Crippen LogP contribution >= 0.6 is 15.9 Å². The van der Waals surface area contributed by atoms with E-state index in [1.165, 1.54) is 12.1 Å². The van der Waals surface area contributed by atoms with Gasteiger partial charge in [0.1, 0.15) is 6.61 Å². The number of halogens is 1. The molecule has 8 heteroatoms. The normalized spacial score (nSPS) is 10.7. The van der Waals surface area contributed by atoms with Crippen molar-refractivity contribution in [1.29, 1.82) is 0 Å². The van der Waals surface area contributed by atoms with E-state index in [2.05, 4.69) is 26.5 Å². The summed E-state index contributed by atoms with van der Waals surface area (Å²) in [5.74, 6) is 1.14. The molecule has 30 heavy (non-hydrogen) atoms. The van der Waals surface area contributed by atoms with Crippen LogP contribution < -0.4 is 14.9 Å². The number of nitro benzene ring substituents is 1. The molecule has 3 aromatic rings. The highest BCUT2D eigenvalue weighted by Crippen LogP contribution is 2.37. The molecule has 1 N–H and O–H groups in total. The van der Waals surface area contributed by atoms with E-state index in [1.54, 1.807) is 18.3 Å². The average Bonchev–Trinajstić information content (AvgIpc) is 2.74. The zero-order chi connectivity index (χ0) is 21.3. The first kappa shape index (κ1) is 21.3. The monoisotopic (exact) mass is 469 g/mol. The first-order valence-electron chi connectivity index (χ1n) is 9.23. The molecule has 3 aromatic carbocycles. The molecule has 7 nitrogen and oxygen atoms in total. The van der Waals surface area contributed by atoms with Crippen LogP contribution in [0.2, 0.25) is 0 Å². The Morgan fingerprint density at radius 2 is 1.83 bits per heavy atom. The third kappa shape index (κ3) is 5.81. The Morgan fingerprint density at radius 1 is 1.10 bits per heavy atom. The summed E-state index contributed by atoms with van der Waals surface area (Å²) in [7, 11) is 0. The first-order chi connectivity index (χ1) is 14.6. The number of benzene rings is 3. The van der Waals surface area contributed by atoms with Crippen molar-refractivity contribution in [2.45, 2.75) is 13.5 Å². The molecule has 0 atom stereocenters. The predicted molar refractivity (Wildman–Crippen MR) is 120 cm³/mol. The first-order valence-corrected chi connectivity index (χ1v) is 10.0. The quantitative estimate of drug-likeness (QED) is 0.243. The Labute approximate surface area is 182 Å². The minimum Gasteiger partial charge on any atom is -0.490 e. The fourth-order valence-electron chi connectivity index (χ4n) is 2.63. The molecule has 0 heterocycles. The lowest BCUT2D eigenvalue weighted by Gasteiger charge is -2.14. The molecule has 3 rings (SSSR count). The van der Waals surface area contributed by atoms with Gasteiger partial charge in [-0.25, -0.2) is 0 Å². The summed E-state index contributed by atoms with van der Waals surface area (Å²) in [6, 6.07) is 19.6. The van der Waals surface area contributed by atoms with Crippen molar-refractivity contribution in [3.05, 3.63) is 92.4 Å². The van der Waals surface area contributed by atoms with Gasteiger partial charge in [0.05, 0.1) is 27.9 Å². The predicted octanol–water partition coefficient (Wildman–Crippen LogP) is 5.78. The van der Waals surface area contributed by atoms with Crippen LogP contribution in [0, 0.1) is 10.1 Å². The summed E-state index contributed by atoms with van der Waals surface area (Å²) >= 11 is 3.53. The number of ether oxygens (including phenoxy) is 2. The van der Waals surface area contributed by atoms with Crippen molar-refractivity contribution in [2.75, 3.05) is 12.0 Å². The number of anilines is 1. The van der Waals surface area contributed by atoms with Crippen LogP contribution in [0.1, 0.15) is 18.1 Å². The third-order valence-electron chi connectivity index (χ3n) is 4.04. The summed E-state index contributed by atoms with van der Waals surface area (Å²) < 4.78 is 12.4. The van der Waals surface area contributed by atoms with Gasteiger partial charge in [-0.3, -0.25) is 15.5 Å². The summed E-state index contributed by atoms with van der Waals surface area (Å²) in [6.45, 7) is 2.62. The van der Waals surface area contributed by atoms with E-state index >= 15 is 0 Å². The smallest absolute Gasteiger partial charge is 0.269 e. The molecular formula is C22H20BrN3O4. The SMILES string of the molecule is CCOc1cc(/C=N\Nc2ccccc2)cc(Br)c1OCc1ccc([N+](=O)[O-])cc1. The Kier molecular flexibility index (Phi) is 7.40. The molecule has 0 unspecified atom stereocenters. The molecular weight excluding hydrogens is 450 g/mol. The number of para-hydroxylation sites is 1. The Hall–Kier alpha value is -3.39. The fraction of sp³-hybridized carbons (Fsp3) is 0.136. The minimum absolute atomic E-state index is 0.0442. The number of hydrogen-bond donors (Lipinski definition) is 1. The van der Waals surface area contributed by atoms with Gasteiger partial charge in [0.25, 0.3) is 5.69 Å². The molecule has 0 amide bonds. The van der Waals surface area contributed by atoms with Crippen LogP contribution in [0.15, 0.2) is 76.3 Å². The van der Waals surface area contributed by atoms with Gasteiger partial charge < -0.3 is 9.47 Å². The Morgan fingerprint density at radius 3 is 2.50 bits per heavy atom. The highest BCUT2D eigenvalue weighted by molar-refractivity contribution is 9.10. The van der Waals surface area contributed by atoms with Crippen molar-refractivity contribution in [3.63, 3.8) is 0 Å². The van der Waals surface area contributed by atoms with Crippen LogP contribution in [0.25, 0.3) is 0 Å². The van der Waals surface area contributed by atoms with E-state index in [0.29, 0.717) is 18.1 Å². The van der Waals surface area contributed by atoms with Gasteiger partial charge in [0, 0.05) is 12.1 Å². The largest absolute Gasteiger partial charge is 0.490 e. The van der Waals surface area contributed by atoms with Crippen molar-refractivity contribution < 1.29 is 14.4 Å². The number of rotatable bonds is 9. The molecule has 0 bridgehead atoms.